The monoisotopic (exact) mass is 495 g/mol. The SMILES string of the molecule is N=C/C(=C\N)c1ccc(Nc2nc(-c3cccc(NC(=O)c4cncc(F)c4)c3)nc3c2COC3)cc1. The highest BCUT2D eigenvalue weighted by molar-refractivity contribution is 6.08. The minimum absolute atomic E-state index is 0.114. The first-order valence-electron chi connectivity index (χ1n) is 11.3. The summed E-state index contributed by atoms with van der Waals surface area (Å²) in [5, 5.41) is 13.6. The van der Waals surface area contributed by atoms with E-state index in [1.54, 1.807) is 18.2 Å². The predicted octanol–water partition coefficient (Wildman–Crippen LogP) is 4.65. The van der Waals surface area contributed by atoms with Crippen molar-refractivity contribution in [1.29, 1.82) is 5.41 Å². The van der Waals surface area contributed by atoms with E-state index in [1.165, 1.54) is 18.6 Å². The zero-order chi connectivity index (χ0) is 25.8. The van der Waals surface area contributed by atoms with Crippen LogP contribution in [-0.2, 0) is 18.0 Å². The summed E-state index contributed by atoms with van der Waals surface area (Å²) in [5.74, 6) is 0.0148. The van der Waals surface area contributed by atoms with E-state index in [9.17, 15) is 9.18 Å². The van der Waals surface area contributed by atoms with Gasteiger partial charge in [0.1, 0.15) is 11.6 Å². The number of nitrogens with one attached hydrogen (secondary N) is 3. The summed E-state index contributed by atoms with van der Waals surface area (Å²) in [4.78, 5) is 25.7. The van der Waals surface area contributed by atoms with Crippen LogP contribution in [0, 0.1) is 11.2 Å². The Labute approximate surface area is 211 Å². The van der Waals surface area contributed by atoms with E-state index in [4.69, 9.17) is 20.9 Å². The Kier molecular flexibility index (Phi) is 6.64. The first kappa shape index (κ1) is 23.8. The van der Waals surface area contributed by atoms with Crippen LogP contribution < -0.4 is 16.4 Å². The summed E-state index contributed by atoms with van der Waals surface area (Å²) in [6.07, 6.45) is 4.93. The Balaban J connectivity index is 1.42. The van der Waals surface area contributed by atoms with Gasteiger partial charge in [-0.15, -0.1) is 0 Å². The van der Waals surface area contributed by atoms with E-state index in [-0.39, 0.29) is 5.56 Å². The summed E-state index contributed by atoms with van der Waals surface area (Å²) in [5.41, 5.74) is 10.8. The number of allylic oxidation sites excluding steroid dienone is 1. The van der Waals surface area contributed by atoms with Crippen LogP contribution in [0.2, 0.25) is 0 Å². The third-order valence-corrected chi connectivity index (χ3v) is 5.74. The summed E-state index contributed by atoms with van der Waals surface area (Å²) < 4.78 is 19.1. The lowest BCUT2D eigenvalue weighted by Crippen LogP contribution is -2.12. The summed E-state index contributed by atoms with van der Waals surface area (Å²) in [7, 11) is 0. The van der Waals surface area contributed by atoms with Crippen molar-refractivity contribution in [3.63, 3.8) is 0 Å². The van der Waals surface area contributed by atoms with Gasteiger partial charge in [-0.05, 0) is 35.9 Å². The Hall–Kier alpha value is -4.96. The number of ether oxygens (including phenoxy) is 1. The van der Waals surface area contributed by atoms with E-state index in [2.05, 4.69) is 20.6 Å². The van der Waals surface area contributed by atoms with E-state index in [0.717, 1.165) is 34.8 Å². The van der Waals surface area contributed by atoms with Gasteiger partial charge in [0.25, 0.3) is 5.91 Å². The van der Waals surface area contributed by atoms with Crippen LogP contribution in [0.4, 0.5) is 21.6 Å². The van der Waals surface area contributed by atoms with Crippen molar-refractivity contribution in [3.8, 4) is 11.4 Å². The van der Waals surface area contributed by atoms with Crippen LogP contribution in [-0.4, -0.2) is 27.1 Å². The zero-order valence-electron chi connectivity index (χ0n) is 19.5. The Morgan fingerprint density at radius 3 is 2.62 bits per heavy atom. The summed E-state index contributed by atoms with van der Waals surface area (Å²) in [6.45, 7) is 0.757. The average molecular weight is 496 g/mol. The van der Waals surface area contributed by atoms with Gasteiger partial charge in [0.15, 0.2) is 5.82 Å². The van der Waals surface area contributed by atoms with Crippen LogP contribution in [0.15, 0.2) is 73.2 Å². The quantitative estimate of drug-likeness (QED) is 0.274. The predicted molar refractivity (Wildman–Crippen MR) is 139 cm³/mol. The highest BCUT2D eigenvalue weighted by Crippen LogP contribution is 2.31. The number of benzene rings is 2. The normalized spacial score (nSPS) is 12.6. The molecule has 2 aromatic carbocycles. The molecule has 5 rings (SSSR count). The van der Waals surface area contributed by atoms with E-state index in [0.29, 0.717) is 41.7 Å². The fourth-order valence-electron chi connectivity index (χ4n) is 3.87. The van der Waals surface area contributed by atoms with Gasteiger partial charge in [0.2, 0.25) is 0 Å². The summed E-state index contributed by atoms with van der Waals surface area (Å²) >= 11 is 0. The van der Waals surface area contributed by atoms with Gasteiger partial charge in [-0.25, -0.2) is 14.4 Å². The van der Waals surface area contributed by atoms with Crippen molar-refractivity contribution in [2.45, 2.75) is 13.2 Å². The fraction of sp³-hybridized carbons (Fsp3) is 0.0741. The molecular formula is C27H22FN7O2. The molecule has 1 aliphatic rings. The van der Waals surface area contributed by atoms with Crippen LogP contribution in [0.1, 0.15) is 27.2 Å². The summed E-state index contributed by atoms with van der Waals surface area (Å²) in [6, 6.07) is 15.7. The minimum atomic E-state index is -0.587. The number of aromatic nitrogens is 3. The minimum Gasteiger partial charge on any atom is -0.404 e. The highest BCUT2D eigenvalue weighted by atomic mass is 19.1. The number of hydrogen-bond donors (Lipinski definition) is 4. The lowest BCUT2D eigenvalue weighted by molar-refractivity contribution is 0.102. The van der Waals surface area contributed by atoms with E-state index in [1.807, 2.05) is 30.3 Å². The number of nitrogens with two attached hydrogens (primary N) is 1. The van der Waals surface area contributed by atoms with Crippen molar-refractivity contribution in [2.75, 3.05) is 10.6 Å². The number of nitrogens with zero attached hydrogens (tertiary/aromatic N) is 3. The molecule has 0 bridgehead atoms. The molecule has 2 aromatic heterocycles. The van der Waals surface area contributed by atoms with Gasteiger partial charge >= 0.3 is 0 Å². The molecule has 0 unspecified atom stereocenters. The smallest absolute Gasteiger partial charge is 0.257 e. The highest BCUT2D eigenvalue weighted by Gasteiger charge is 2.21. The van der Waals surface area contributed by atoms with Gasteiger partial charge in [-0.3, -0.25) is 9.78 Å². The lowest BCUT2D eigenvalue weighted by Gasteiger charge is -2.13. The molecule has 0 spiro atoms. The molecular weight excluding hydrogens is 473 g/mol. The number of anilines is 3. The second-order valence-corrected chi connectivity index (χ2v) is 8.21. The Morgan fingerprint density at radius 1 is 1.03 bits per heavy atom. The molecule has 0 radical (unpaired) electrons. The van der Waals surface area contributed by atoms with Crippen molar-refractivity contribution in [2.24, 2.45) is 5.73 Å². The molecule has 5 N–H and O–H groups in total. The third kappa shape index (κ3) is 5.19. The second-order valence-electron chi connectivity index (χ2n) is 8.21. The first-order chi connectivity index (χ1) is 18.0. The van der Waals surface area contributed by atoms with Crippen LogP contribution in [0.5, 0.6) is 0 Å². The number of carbonyl (C=O) groups excluding carboxylic acids is 1. The maximum atomic E-state index is 13.5. The fourth-order valence-corrected chi connectivity index (χ4v) is 3.87. The van der Waals surface area contributed by atoms with Gasteiger partial charge in [-0.2, -0.15) is 0 Å². The maximum absolute atomic E-state index is 13.5. The molecule has 9 nitrogen and oxygen atoms in total. The standard InChI is InChI=1S/C27H22FN7O2/c28-20-8-18(12-31-13-20)27(36)33-22-3-1-2-17(9-22)25-34-24-15-37-14-23(24)26(35-25)32-21-6-4-16(5-7-21)19(10-29)11-30/h1-13,29H,14-15,30H2,(H,33,36)(H,32,34,35)/b19-11+,29-10?. The zero-order valence-corrected chi connectivity index (χ0v) is 19.5. The molecule has 10 heteroatoms. The van der Waals surface area contributed by atoms with E-state index >= 15 is 0 Å². The van der Waals surface area contributed by atoms with Crippen molar-refractivity contribution in [1.82, 2.24) is 15.0 Å². The van der Waals surface area contributed by atoms with Gasteiger partial charge in [-0.1, -0.05) is 24.3 Å². The van der Waals surface area contributed by atoms with Crippen LogP contribution >= 0.6 is 0 Å². The maximum Gasteiger partial charge on any atom is 0.257 e. The molecule has 1 aliphatic heterocycles. The van der Waals surface area contributed by atoms with Gasteiger partial charge < -0.3 is 26.5 Å². The molecule has 0 fully saturated rings. The lowest BCUT2D eigenvalue weighted by atomic mass is 10.1. The molecule has 0 atom stereocenters. The number of halogens is 1. The molecule has 0 saturated heterocycles. The topological polar surface area (TPSA) is 139 Å². The van der Waals surface area contributed by atoms with Crippen molar-refractivity contribution < 1.29 is 13.9 Å². The van der Waals surface area contributed by atoms with Gasteiger partial charge in [0, 0.05) is 46.7 Å². The van der Waals surface area contributed by atoms with Crippen LogP contribution in [0.25, 0.3) is 17.0 Å². The Morgan fingerprint density at radius 2 is 1.86 bits per heavy atom. The molecule has 0 saturated carbocycles. The van der Waals surface area contributed by atoms with E-state index < -0.39 is 11.7 Å². The average Bonchev–Trinajstić information content (AvgIpc) is 3.40. The van der Waals surface area contributed by atoms with Gasteiger partial charge in [0.05, 0.1) is 30.7 Å². The number of fused-ring (bicyclic) bond motifs is 1. The molecule has 4 aromatic rings. The molecule has 3 heterocycles. The number of rotatable bonds is 7. The van der Waals surface area contributed by atoms with Crippen molar-refractivity contribution >= 4 is 34.9 Å². The third-order valence-electron chi connectivity index (χ3n) is 5.74. The van der Waals surface area contributed by atoms with Crippen LogP contribution in [0.3, 0.4) is 0 Å². The number of hydrogen-bond acceptors (Lipinski definition) is 8. The second kappa shape index (κ2) is 10.3. The van der Waals surface area contributed by atoms with Crippen molar-refractivity contribution in [3.05, 3.63) is 101 Å². The Bertz CT molecular complexity index is 1520. The molecule has 0 aliphatic carbocycles. The molecule has 184 valence electrons. The molecule has 1 amide bonds. The number of amides is 1. The first-order valence-corrected chi connectivity index (χ1v) is 11.3. The molecule has 37 heavy (non-hydrogen) atoms. The number of carbonyl (C=O) groups is 1. The number of pyridine rings is 1. The largest absolute Gasteiger partial charge is 0.404 e.